The minimum absolute atomic E-state index is 0.0677. The lowest BCUT2D eigenvalue weighted by molar-refractivity contribution is 0.263. The maximum atomic E-state index is 5.86. The average Bonchev–Trinajstić information content (AvgIpc) is 2.88. The van der Waals surface area contributed by atoms with Crippen LogP contribution < -0.4 is 10.5 Å². The third-order valence-corrected chi connectivity index (χ3v) is 3.47. The summed E-state index contributed by atoms with van der Waals surface area (Å²) in [4.78, 5) is 2.52. The van der Waals surface area contributed by atoms with Gasteiger partial charge in [-0.25, -0.2) is 0 Å². The van der Waals surface area contributed by atoms with Gasteiger partial charge in [-0.3, -0.25) is 0 Å². The van der Waals surface area contributed by atoms with Crippen molar-refractivity contribution in [3.05, 3.63) is 29.8 Å². The summed E-state index contributed by atoms with van der Waals surface area (Å²) in [7, 11) is 0. The van der Waals surface area contributed by atoms with Crippen LogP contribution in [0, 0.1) is 0 Å². The highest BCUT2D eigenvalue weighted by Crippen LogP contribution is 2.17. The Kier molecular flexibility index (Phi) is 5.02. The lowest BCUT2D eigenvalue weighted by Crippen LogP contribution is -2.21. The van der Waals surface area contributed by atoms with Gasteiger partial charge in [-0.05, 0) is 57.0 Å². The maximum absolute atomic E-state index is 5.86. The molecule has 0 bridgehead atoms. The van der Waals surface area contributed by atoms with Crippen LogP contribution in [-0.2, 0) is 0 Å². The molecule has 0 radical (unpaired) electrons. The zero-order valence-electron chi connectivity index (χ0n) is 11.3. The number of hydrogen-bond donors (Lipinski definition) is 1. The predicted molar refractivity (Wildman–Crippen MR) is 74.8 cm³/mol. The minimum Gasteiger partial charge on any atom is -0.494 e. The molecule has 0 amide bonds. The van der Waals surface area contributed by atoms with E-state index in [1.807, 2.05) is 31.2 Å². The van der Waals surface area contributed by atoms with E-state index >= 15 is 0 Å². The van der Waals surface area contributed by atoms with Gasteiger partial charge in [-0.1, -0.05) is 12.1 Å². The molecule has 0 saturated carbocycles. The lowest BCUT2D eigenvalue weighted by atomic mass is 10.1. The van der Waals surface area contributed by atoms with Crippen molar-refractivity contribution in [1.29, 1.82) is 0 Å². The van der Waals surface area contributed by atoms with Crippen molar-refractivity contribution in [2.75, 3.05) is 26.2 Å². The smallest absolute Gasteiger partial charge is 0.119 e. The Morgan fingerprint density at radius 2 is 2.11 bits per heavy atom. The zero-order valence-corrected chi connectivity index (χ0v) is 11.3. The van der Waals surface area contributed by atoms with Crippen molar-refractivity contribution in [3.63, 3.8) is 0 Å². The topological polar surface area (TPSA) is 38.5 Å². The number of benzene rings is 1. The number of nitrogens with zero attached hydrogens (tertiary/aromatic N) is 1. The molecule has 2 N–H and O–H groups in total. The Morgan fingerprint density at radius 1 is 1.33 bits per heavy atom. The quantitative estimate of drug-likeness (QED) is 0.786. The van der Waals surface area contributed by atoms with E-state index in [0.29, 0.717) is 0 Å². The second-order valence-corrected chi connectivity index (χ2v) is 5.11. The molecule has 3 nitrogen and oxygen atoms in total. The van der Waals surface area contributed by atoms with E-state index in [2.05, 4.69) is 4.90 Å². The van der Waals surface area contributed by atoms with E-state index in [1.165, 1.54) is 25.9 Å². The van der Waals surface area contributed by atoms with Crippen molar-refractivity contribution in [3.8, 4) is 5.75 Å². The van der Waals surface area contributed by atoms with E-state index in [0.717, 1.165) is 30.9 Å². The summed E-state index contributed by atoms with van der Waals surface area (Å²) in [5, 5.41) is 0. The fourth-order valence-corrected chi connectivity index (χ4v) is 2.37. The van der Waals surface area contributed by atoms with Crippen molar-refractivity contribution in [1.82, 2.24) is 4.90 Å². The van der Waals surface area contributed by atoms with E-state index in [4.69, 9.17) is 10.5 Å². The Balaban J connectivity index is 1.70. The van der Waals surface area contributed by atoms with E-state index in [1.54, 1.807) is 0 Å². The normalized spacial score (nSPS) is 17.9. The fourth-order valence-electron chi connectivity index (χ4n) is 2.37. The van der Waals surface area contributed by atoms with Crippen LogP contribution in [0.2, 0.25) is 0 Å². The standard InChI is InChI=1S/C15H24N2O/c1-13(16)14-6-4-7-15(12-14)18-11-5-10-17-8-2-3-9-17/h4,6-7,12-13H,2-3,5,8-11,16H2,1H3/t13-/m0/s1. The summed E-state index contributed by atoms with van der Waals surface area (Å²) < 4.78 is 5.77. The molecule has 1 heterocycles. The van der Waals surface area contributed by atoms with Gasteiger partial charge >= 0.3 is 0 Å². The van der Waals surface area contributed by atoms with Gasteiger partial charge in [0, 0.05) is 12.6 Å². The first-order chi connectivity index (χ1) is 8.75. The highest BCUT2D eigenvalue weighted by atomic mass is 16.5. The van der Waals surface area contributed by atoms with Crippen molar-refractivity contribution < 1.29 is 4.74 Å². The molecule has 1 saturated heterocycles. The molecule has 100 valence electrons. The first kappa shape index (κ1) is 13.4. The summed E-state index contributed by atoms with van der Waals surface area (Å²) in [6.07, 6.45) is 3.82. The molecule has 0 aromatic heterocycles. The largest absolute Gasteiger partial charge is 0.494 e. The van der Waals surface area contributed by atoms with E-state index in [9.17, 15) is 0 Å². The highest BCUT2D eigenvalue weighted by molar-refractivity contribution is 5.30. The van der Waals surface area contributed by atoms with Gasteiger partial charge in [0.25, 0.3) is 0 Å². The molecule has 18 heavy (non-hydrogen) atoms. The van der Waals surface area contributed by atoms with Crippen LogP contribution in [0.25, 0.3) is 0 Å². The third-order valence-electron chi connectivity index (χ3n) is 3.47. The molecule has 1 aromatic rings. The summed E-state index contributed by atoms with van der Waals surface area (Å²) >= 11 is 0. The van der Waals surface area contributed by atoms with Crippen LogP contribution in [0.4, 0.5) is 0 Å². The first-order valence-corrected chi connectivity index (χ1v) is 6.96. The molecular formula is C15H24N2O. The second-order valence-electron chi connectivity index (χ2n) is 5.11. The van der Waals surface area contributed by atoms with Gasteiger partial charge in [0.05, 0.1) is 6.61 Å². The molecule has 0 unspecified atom stereocenters. The third kappa shape index (κ3) is 4.00. The predicted octanol–water partition coefficient (Wildman–Crippen LogP) is 2.57. The first-order valence-electron chi connectivity index (χ1n) is 6.96. The molecular weight excluding hydrogens is 224 g/mol. The minimum atomic E-state index is 0.0677. The number of nitrogens with two attached hydrogens (primary N) is 1. The molecule has 1 atom stereocenters. The van der Waals surface area contributed by atoms with Gasteiger partial charge in [0.2, 0.25) is 0 Å². The van der Waals surface area contributed by atoms with Crippen LogP contribution in [-0.4, -0.2) is 31.1 Å². The van der Waals surface area contributed by atoms with E-state index < -0.39 is 0 Å². The summed E-state index contributed by atoms with van der Waals surface area (Å²) in [6.45, 7) is 6.47. The second kappa shape index (κ2) is 6.76. The lowest BCUT2D eigenvalue weighted by Gasteiger charge is -2.15. The Morgan fingerprint density at radius 3 is 2.83 bits per heavy atom. The van der Waals surface area contributed by atoms with Gasteiger partial charge in [0.1, 0.15) is 5.75 Å². The van der Waals surface area contributed by atoms with E-state index in [-0.39, 0.29) is 6.04 Å². The van der Waals surface area contributed by atoms with Crippen LogP contribution in [0.15, 0.2) is 24.3 Å². The van der Waals surface area contributed by atoms with Crippen LogP contribution in [0.5, 0.6) is 5.75 Å². The van der Waals surface area contributed by atoms with Crippen LogP contribution in [0.1, 0.15) is 37.8 Å². The maximum Gasteiger partial charge on any atom is 0.119 e. The molecule has 3 heteroatoms. The Labute approximate surface area is 110 Å². The fraction of sp³-hybridized carbons (Fsp3) is 0.600. The number of rotatable bonds is 6. The molecule has 0 spiro atoms. The van der Waals surface area contributed by atoms with Gasteiger partial charge in [-0.15, -0.1) is 0 Å². The summed E-state index contributed by atoms with van der Waals surface area (Å²) in [5.41, 5.74) is 6.99. The summed E-state index contributed by atoms with van der Waals surface area (Å²) in [6, 6.07) is 8.16. The molecule has 2 rings (SSSR count). The molecule has 1 aromatic carbocycles. The Bertz CT molecular complexity index is 359. The van der Waals surface area contributed by atoms with Crippen molar-refractivity contribution >= 4 is 0 Å². The number of hydrogen-bond acceptors (Lipinski definition) is 3. The van der Waals surface area contributed by atoms with Gasteiger partial charge in [0.15, 0.2) is 0 Å². The molecule has 0 aliphatic carbocycles. The number of ether oxygens (including phenoxy) is 1. The van der Waals surface area contributed by atoms with Crippen molar-refractivity contribution in [2.45, 2.75) is 32.2 Å². The molecule has 1 fully saturated rings. The SMILES string of the molecule is C[C@H](N)c1cccc(OCCCN2CCCC2)c1. The van der Waals surface area contributed by atoms with Gasteiger partial charge in [-0.2, -0.15) is 0 Å². The molecule has 1 aliphatic heterocycles. The Hall–Kier alpha value is -1.06. The molecule has 1 aliphatic rings. The summed E-state index contributed by atoms with van der Waals surface area (Å²) in [5.74, 6) is 0.936. The van der Waals surface area contributed by atoms with Crippen LogP contribution in [0.3, 0.4) is 0 Å². The van der Waals surface area contributed by atoms with Gasteiger partial charge < -0.3 is 15.4 Å². The van der Waals surface area contributed by atoms with Crippen LogP contribution >= 0.6 is 0 Å². The average molecular weight is 248 g/mol. The zero-order chi connectivity index (χ0) is 12.8. The number of likely N-dealkylation sites (tertiary alicyclic amines) is 1. The highest BCUT2D eigenvalue weighted by Gasteiger charge is 2.10. The monoisotopic (exact) mass is 248 g/mol. The van der Waals surface area contributed by atoms with Crippen molar-refractivity contribution in [2.24, 2.45) is 5.73 Å².